The molecule has 2 fully saturated rings. The number of hydrogen-bond acceptors (Lipinski definition) is 7. The Kier molecular flexibility index (Phi) is 7.08. The van der Waals surface area contributed by atoms with E-state index >= 15 is 0 Å². The molecule has 0 bridgehead atoms. The predicted octanol–water partition coefficient (Wildman–Crippen LogP) is 5.80. The van der Waals surface area contributed by atoms with Crippen LogP contribution in [0.2, 0.25) is 0 Å². The third-order valence-electron chi connectivity index (χ3n) is 7.25. The van der Waals surface area contributed by atoms with Crippen molar-refractivity contribution in [2.24, 2.45) is 0 Å². The number of piperazine rings is 1. The summed E-state index contributed by atoms with van der Waals surface area (Å²) >= 11 is 0. The number of benzene rings is 3. The standard InChI is InChI=1S/C30H30F2N6O/c1-36-10-12-37(13-11-36)27-7-5-26(6-8-27)35-29-19-30(34-20-33-29)38-28(9-14-39-38)23-15-22(17-25(32)18-23)21-3-2-4-24(31)16-21/h2-8,15-20,28H,9-14H2,1H3,(H,33,34,35)/t28-/m1/s1. The van der Waals surface area contributed by atoms with Gasteiger partial charge in [-0.3, -0.25) is 4.84 Å². The van der Waals surface area contributed by atoms with Gasteiger partial charge in [-0.05, 0) is 78.3 Å². The fourth-order valence-electron chi connectivity index (χ4n) is 5.14. The topological polar surface area (TPSA) is 56.8 Å². The molecule has 3 aromatic carbocycles. The Hall–Kier alpha value is -4.08. The van der Waals surface area contributed by atoms with Crippen LogP contribution in [0, 0.1) is 11.6 Å². The molecule has 0 saturated carbocycles. The van der Waals surface area contributed by atoms with Crippen LogP contribution in [0.5, 0.6) is 0 Å². The van der Waals surface area contributed by atoms with Crippen LogP contribution in [0.4, 0.5) is 31.8 Å². The fourth-order valence-corrected chi connectivity index (χ4v) is 5.14. The molecule has 1 N–H and O–H groups in total. The van der Waals surface area contributed by atoms with Crippen LogP contribution >= 0.6 is 0 Å². The minimum atomic E-state index is -0.385. The first-order valence-corrected chi connectivity index (χ1v) is 13.1. The van der Waals surface area contributed by atoms with Crippen LogP contribution in [0.15, 0.2) is 79.1 Å². The zero-order chi connectivity index (χ0) is 26.8. The normalized spacial score (nSPS) is 18.0. The van der Waals surface area contributed by atoms with E-state index in [9.17, 15) is 8.78 Å². The van der Waals surface area contributed by atoms with Crippen LogP contribution in [-0.4, -0.2) is 54.7 Å². The molecular formula is C30H30F2N6O. The largest absolute Gasteiger partial charge is 0.369 e. The molecule has 39 heavy (non-hydrogen) atoms. The van der Waals surface area contributed by atoms with E-state index in [4.69, 9.17) is 4.84 Å². The summed E-state index contributed by atoms with van der Waals surface area (Å²) in [5.74, 6) is 0.449. The quantitative estimate of drug-likeness (QED) is 0.339. The molecule has 0 radical (unpaired) electrons. The minimum absolute atomic E-state index is 0.251. The lowest BCUT2D eigenvalue weighted by Gasteiger charge is -2.34. The minimum Gasteiger partial charge on any atom is -0.369 e. The molecule has 0 amide bonds. The Morgan fingerprint density at radius 2 is 1.64 bits per heavy atom. The molecule has 6 rings (SSSR count). The Balaban J connectivity index is 1.19. The Labute approximate surface area is 226 Å². The van der Waals surface area contributed by atoms with Gasteiger partial charge >= 0.3 is 0 Å². The molecule has 3 heterocycles. The number of aromatic nitrogens is 2. The number of nitrogens with zero attached hydrogens (tertiary/aromatic N) is 5. The van der Waals surface area contributed by atoms with Crippen LogP contribution in [0.3, 0.4) is 0 Å². The first-order chi connectivity index (χ1) is 19.0. The summed E-state index contributed by atoms with van der Waals surface area (Å²) in [4.78, 5) is 19.5. The lowest BCUT2D eigenvalue weighted by atomic mass is 9.97. The van der Waals surface area contributed by atoms with Gasteiger partial charge in [-0.1, -0.05) is 12.1 Å². The van der Waals surface area contributed by atoms with Gasteiger partial charge in [0.25, 0.3) is 0 Å². The van der Waals surface area contributed by atoms with Gasteiger partial charge in [0.05, 0.1) is 12.6 Å². The summed E-state index contributed by atoms with van der Waals surface area (Å²) in [7, 11) is 2.15. The van der Waals surface area contributed by atoms with Crippen LogP contribution in [-0.2, 0) is 4.84 Å². The van der Waals surface area contributed by atoms with Gasteiger partial charge in [0, 0.05) is 50.0 Å². The van der Waals surface area contributed by atoms with E-state index < -0.39 is 0 Å². The molecule has 1 atom stereocenters. The van der Waals surface area contributed by atoms with Crippen molar-refractivity contribution in [1.29, 1.82) is 0 Å². The van der Waals surface area contributed by atoms with E-state index in [1.54, 1.807) is 17.2 Å². The molecule has 2 saturated heterocycles. The molecule has 1 aromatic heterocycles. The molecule has 0 unspecified atom stereocenters. The van der Waals surface area contributed by atoms with Crippen molar-refractivity contribution in [1.82, 2.24) is 14.9 Å². The molecular weight excluding hydrogens is 498 g/mol. The van der Waals surface area contributed by atoms with E-state index in [0.717, 1.165) is 37.4 Å². The first-order valence-electron chi connectivity index (χ1n) is 13.1. The van der Waals surface area contributed by atoms with Gasteiger partial charge in [0.1, 0.15) is 23.8 Å². The maximum atomic E-state index is 14.7. The third-order valence-corrected chi connectivity index (χ3v) is 7.25. The number of likely N-dealkylation sites (N-methyl/N-ethyl adjacent to an activating group) is 1. The first kappa shape index (κ1) is 25.2. The highest BCUT2D eigenvalue weighted by molar-refractivity contribution is 5.66. The Morgan fingerprint density at radius 3 is 2.44 bits per heavy atom. The van der Waals surface area contributed by atoms with E-state index in [-0.39, 0.29) is 17.7 Å². The van der Waals surface area contributed by atoms with Crippen molar-refractivity contribution in [3.63, 3.8) is 0 Å². The van der Waals surface area contributed by atoms with Gasteiger partial charge in [0.15, 0.2) is 5.82 Å². The maximum absolute atomic E-state index is 14.7. The number of anilines is 4. The van der Waals surface area contributed by atoms with Crippen molar-refractivity contribution in [2.45, 2.75) is 12.5 Å². The summed E-state index contributed by atoms with van der Waals surface area (Å²) in [5, 5.41) is 5.05. The highest BCUT2D eigenvalue weighted by Gasteiger charge is 2.30. The van der Waals surface area contributed by atoms with Crippen molar-refractivity contribution in [3.8, 4) is 11.1 Å². The second-order valence-electron chi connectivity index (χ2n) is 9.97. The van der Waals surface area contributed by atoms with E-state index in [1.165, 1.54) is 36.3 Å². The molecule has 200 valence electrons. The number of hydroxylamine groups is 1. The lowest BCUT2D eigenvalue weighted by molar-refractivity contribution is 0.157. The zero-order valence-corrected chi connectivity index (χ0v) is 21.7. The SMILES string of the molecule is CN1CCN(c2ccc(Nc3cc(N4OCC[C@@H]4c4cc(F)cc(-c5cccc(F)c5)c4)ncn3)cc2)CC1. The summed E-state index contributed by atoms with van der Waals surface area (Å²) < 4.78 is 28.5. The zero-order valence-electron chi connectivity index (χ0n) is 21.7. The molecule has 2 aliphatic heterocycles. The number of nitrogens with one attached hydrogen (secondary N) is 1. The second kappa shape index (κ2) is 11.0. The van der Waals surface area contributed by atoms with Gasteiger partial charge in [-0.2, -0.15) is 0 Å². The Morgan fingerprint density at radius 1 is 0.846 bits per heavy atom. The molecule has 2 aliphatic rings. The van der Waals surface area contributed by atoms with E-state index in [0.29, 0.717) is 35.8 Å². The average molecular weight is 529 g/mol. The Bertz CT molecular complexity index is 1440. The van der Waals surface area contributed by atoms with Crippen LogP contribution < -0.4 is 15.3 Å². The number of hydrogen-bond donors (Lipinski definition) is 1. The maximum Gasteiger partial charge on any atom is 0.158 e. The fraction of sp³-hybridized carbons (Fsp3) is 0.267. The van der Waals surface area contributed by atoms with Crippen molar-refractivity contribution >= 4 is 23.0 Å². The van der Waals surface area contributed by atoms with Crippen LogP contribution in [0.1, 0.15) is 18.0 Å². The lowest BCUT2D eigenvalue weighted by Crippen LogP contribution is -2.44. The second-order valence-corrected chi connectivity index (χ2v) is 9.97. The van der Waals surface area contributed by atoms with Crippen molar-refractivity contribution < 1.29 is 13.6 Å². The third kappa shape index (κ3) is 5.69. The summed E-state index contributed by atoms with van der Waals surface area (Å²) in [5.41, 5.74) is 4.09. The van der Waals surface area contributed by atoms with Gasteiger partial charge in [0.2, 0.25) is 0 Å². The highest BCUT2D eigenvalue weighted by Crippen LogP contribution is 2.37. The van der Waals surface area contributed by atoms with E-state index in [2.05, 4.69) is 44.3 Å². The number of rotatable bonds is 6. The molecule has 4 aromatic rings. The summed E-state index contributed by atoms with van der Waals surface area (Å²) in [6.07, 6.45) is 2.14. The molecule has 0 spiro atoms. The monoisotopic (exact) mass is 528 g/mol. The smallest absolute Gasteiger partial charge is 0.158 e. The van der Waals surface area contributed by atoms with Crippen molar-refractivity contribution in [2.75, 3.05) is 55.1 Å². The van der Waals surface area contributed by atoms with Crippen LogP contribution in [0.25, 0.3) is 11.1 Å². The average Bonchev–Trinajstić information content (AvgIpc) is 3.44. The summed E-state index contributed by atoms with van der Waals surface area (Å²) in [6.45, 7) is 4.63. The summed E-state index contributed by atoms with van der Waals surface area (Å²) in [6, 6.07) is 20.9. The predicted molar refractivity (Wildman–Crippen MR) is 149 cm³/mol. The van der Waals surface area contributed by atoms with Gasteiger partial charge < -0.3 is 15.1 Å². The number of halogens is 2. The van der Waals surface area contributed by atoms with E-state index in [1.807, 2.05) is 24.3 Å². The van der Waals surface area contributed by atoms with Gasteiger partial charge in [-0.15, -0.1) is 0 Å². The van der Waals surface area contributed by atoms with Crippen molar-refractivity contribution in [3.05, 3.63) is 96.3 Å². The molecule has 7 nitrogen and oxygen atoms in total. The van der Waals surface area contributed by atoms with Gasteiger partial charge in [-0.25, -0.2) is 23.8 Å². The highest BCUT2D eigenvalue weighted by atomic mass is 19.1. The molecule has 0 aliphatic carbocycles. The molecule has 9 heteroatoms.